The predicted octanol–water partition coefficient (Wildman–Crippen LogP) is 3.77. The van der Waals surface area contributed by atoms with E-state index in [-0.39, 0.29) is 16.7 Å². The van der Waals surface area contributed by atoms with Crippen molar-refractivity contribution in [3.63, 3.8) is 0 Å². The highest BCUT2D eigenvalue weighted by molar-refractivity contribution is 6.32. The third-order valence-corrected chi connectivity index (χ3v) is 4.26. The molecule has 0 radical (unpaired) electrons. The Bertz CT molecular complexity index is 960. The summed E-state index contributed by atoms with van der Waals surface area (Å²) in [6, 6.07) is 16.5. The molecule has 140 valence electrons. The molecule has 0 fully saturated rings. The Morgan fingerprint density at radius 3 is 2.48 bits per heavy atom. The number of nitrogens with zero attached hydrogens (tertiary/aromatic N) is 2. The molecule has 1 aromatic heterocycles. The highest BCUT2D eigenvalue weighted by Gasteiger charge is 2.13. The maximum Gasteiger partial charge on any atom is 0.292 e. The zero-order valence-corrected chi connectivity index (χ0v) is 15.8. The monoisotopic (exact) mass is 385 g/mol. The molecule has 0 spiro atoms. The van der Waals surface area contributed by atoms with E-state index in [4.69, 9.17) is 21.1 Å². The van der Waals surface area contributed by atoms with Crippen LogP contribution >= 0.6 is 11.6 Å². The minimum Gasteiger partial charge on any atom is -0.493 e. The quantitative estimate of drug-likeness (QED) is 0.670. The van der Waals surface area contributed by atoms with Gasteiger partial charge in [0.25, 0.3) is 5.56 Å². The lowest BCUT2D eigenvalue weighted by atomic mass is 10.3. The molecule has 7 heteroatoms. The molecule has 3 aromatic rings. The van der Waals surface area contributed by atoms with Crippen LogP contribution in [0.5, 0.6) is 11.5 Å². The van der Waals surface area contributed by atoms with Gasteiger partial charge in [0.05, 0.1) is 31.2 Å². The third-order valence-electron chi connectivity index (χ3n) is 3.90. The Morgan fingerprint density at radius 1 is 1.11 bits per heavy atom. The predicted molar refractivity (Wildman–Crippen MR) is 106 cm³/mol. The van der Waals surface area contributed by atoms with E-state index < -0.39 is 0 Å². The summed E-state index contributed by atoms with van der Waals surface area (Å²) in [6.45, 7) is 2.35. The van der Waals surface area contributed by atoms with Gasteiger partial charge in [-0.05, 0) is 31.2 Å². The van der Waals surface area contributed by atoms with E-state index in [1.807, 2.05) is 49.4 Å². The van der Waals surface area contributed by atoms with Gasteiger partial charge in [0.1, 0.15) is 11.1 Å². The highest BCUT2D eigenvalue weighted by atomic mass is 35.5. The van der Waals surface area contributed by atoms with Crippen molar-refractivity contribution >= 4 is 17.3 Å². The first-order chi connectivity index (χ1) is 13.1. The summed E-state index contributed by atoms with van der Waals surface area (Å²) in [5, 5.41) is 7.39. The van der Waals surface area contributed by atoms with E-state index in [2.05, 4.69) is 10.4 Å². The lowest BCUT2D eigenvalue weighted by molar-refractivity contribution is 0.223. The molecule has 1 N–H and O–H groups in total. The number of hydrogen-bond donors (Lipinski definition) is 1. The zero-order valence-electron chi connectivity index (χ0n) is 15.1. The number of anilines is 1. The van der Waals surface area contributed by atoms with Crippen molar-refractivity contribution in [2.24, 2.45) is 0 Å². The number of para-hydroxylation sites is 3. The Hall–Kier alpha value is -2.99. The van der Waals surface area contributed by atoms with Gasteiger partial charge in [0.15, 0.2) is 11.5 Å². The second-order valence-electron chi connectivity index (χ2n) is 5.88. The van der Waals surface area contributed by atoms with Crippen molar-refractivity contribution in [3.05, 3.63) is 76.2 Å². The van der Waals surface area contributed by atoms with Crippen molar-refractivity contribution in [1.82, 2.24) is 9.78 Å². The minimum absolute atomic E-state index is 0.0818. The number of nitrogens with one attached hydrogen (secondary N) is 1. The molecule has 0 saturated carbocycles. The number of aromatic nitrogens is 2. The second-order valence-corrected chi connectivity index (χ2v) is 6.26. The van der Waals surface area contributed by atoms with Crippen LogP contribution < -0.4 is 20.3 Å². The van der Waals surface area contributed by atoms with Crippen LogP contribution in [0.1, 0.15) is 6.92 Å². The van der Waals surface area contributed by atoms with E-state index in [9.17, 15) is 4.79 Å². The van der Waals surface area contributed by atoms with E-state index in [0.717, 1.165) is 0 Å². The Labute approximate surface area is 162 Å². The van der Waals surface area contributed by atoms with Crippen molar-refractivity contribution in [2.45, 2.75) is 13.0 Å². The van der Waals surface area contributed by atoms with Gasteiger partial charge in [-0.1, -0.05) is 41.9 Å². The normalized spacial score (nSPS) is 11.7. The van der Waals surface area contributed by atoms with Gasteiger partial charge in [-0.2, -0.15) is 9.78 Å². The Morgan fingerprint density at radius 2 is 1.78 bits per heavy atom. The SMILES string of the molecule is COc1ccccc1OC(C)CNc1cnn(-c2ccccc2)c(=O)c1Cl. The largest absolute Gasteiger partial charge is 0.493 e. The lowest BCUT2D eigenvalue weighted by Gasteiger charge is -2.18. The first-order valence-corrected chi connectivity index (χ1v) is 8.84. The van der Waals surface area contributed by atoms with Gasteiger partial charge in [-0.25, -0.2) is 0 Å². The summed E-state index contributed by atoms with van der Waals surface area (Å²) in [4.78, 5) is 12.5. The number of benzene rings is 2. The molecule has 2 aromatic carbocycles. The van der Waals surface area contributed by atoms with Crippen LogP contribution in [0.2, 0.25) is 5.02 Å². The number of methoxy groups -OCH3 is 1. The summed E-state index contributed by atoms with van der Waals surface area (Å²) in [6.07, 6.45) is 1.35. The van der Waals surface area contributed by atoms with Crippen molar-refractivity contribution in [2.75, 3.05) is 19.0 Å². The zero-order chi connectivity index (χ0) is 19.2. The van der Waals surface area contributed by atoms with Crippen LogP contribution in [-0.4, -0.2) is 29.5 Å². The molecular formula is C20H20ClN3O3. The van der Waals surface area contributed by atoms with Gasteiger partial charge >= 0.3 is 0 Å². The molecule has 0 amide bonds. The average Bonchev–Trinajstić information content (AvgIpc) is 2.70. The fourth-order valence-corrected chi connectivity index (χ4v) is 2.73. The van der Waals surface area contributed by atoms with Crippen LogP contribution in [-0.2, 0) is 0 Å². The first-order valence-electron chi connectivity index (χ1n) is 8.47. The van der Waals surface area contributed by atoms with Crippen molar-refractivity contribution in [1.29, 1.82) is 0 Å². The van der Waals surface area contributed by atoms with Gasteiger partial charge in [0, 0.05) is 0 Å². The van der Waals surface area contributed by atoms with Gasteiger partial charge < -0.3 is 14.8 Å². The molecule has 27 heavy (non-hydrogen) atoms. The number of halogens is 1. The summed E-state index contributed by atoms with van der Waals surface area (Å²) in [5.74, 6) is 1.31. The molecule has 0 aliphatic carbocycles. The first kappa shape index (κ1) is 18.8. The maximum absolute atomic E-state index is 12.5. The topological polar surface area (TPSA) is 65.4 Å². The summed E-state index contributed by atoms with van der Waals surface area (Å²) < 4.78 is 12.4. The molecule has 3 rings (SSSR count). The maximum atomic E-state index is 12.5. The van der Waals surface area contributed by atoms with Gasteiger partial charge in [-0.3, -0.25) is 4.79 Å². The molecule has 0 aliphatic heterocycles. The summed E-state index contributed by atoms with van der Waals surface area (Å²) >= 11 is 6.24. The van der Waals surface area contributed by atoms with Crippen LogP contribution in [0.4, 0.5) is 5.69 Å². The van der Waals surface area contributed by atoms with Crippen LogP contribution in [0.3, 0.4) is 0 Å². The average molecular weight is 386 g/mol. The second kappa shape index (κ2) is 8.60. The van der Waals surface area contributed by atoms with Crippen LogP contribution in [0.15, 0.2) is 65.6 Å². The number of ether oxygens (including phenoxy) is 2. The van der Waals surface area contributed by atoms with Gasteiger partial charge in [0.2, 0.25) is 0 Å². The molecule has 0 saturated heterocycles. The van der Waals surface area contributed by atoms with Crippen LogP contribution in [0.25, 0.3) is 5.69 Å². The molecule has 1 heterocycles. The molecule has 1 atom stereocenters. The minimum atomic E-state index is -0.383. The standard InChI is InChI=1S/C20H20ClN3O3/c1-14(27-18-11-7-6-10-17(18)26-2)12-22-16-13-23-24(20(25)19(16)21)15-8-4-3-5-9-15/h3-11,13-14,22H,12H2,1-2H3. The fourth-order valence-electron chi connectivity index (χ4n) is 2.54. The van der Waals surface area contributed by atoms with E-state index in [1.54, 1.807) is 19.2 Å². The van der Waals surface area contributed by atoms with Crippen molar-refractivity contribution in [3.8, 4) is 17.2 Å². The summed E-state index contributed by atoms with van der Waals surface area (Å²) in [5.41, 5.74) is 0.735. The van der Waals surface area contributed by atoms with E-state index >= 15 is 0 Å². The molecular weight excluding hydrogens is 366 g/mol. The summed E-state index contributed by atoms with van der Waals surface area (Å²) in [7, 11) is 1.60. The van der Waals surface area contributed by atoms with Crippen molar-refractivity contribution < 1.29 is 9.47 Å². The highest BCUT2D eigenvalue weighted by Crippen LogP contribution is 2.27. The Balaban J connectivity index is 1.69. The number of rotatable bonds is 7. The van der Waals surface area contributed by atoms with E-state index in [0.29, 0.717) is 29.4 Å². The third kappa shape index (κ3) is 4.41. The van der Waals surface area contributed by atoms with E-state index in [1.165, 1.54) is 10.9 Å². The molecule has 1 unspecified atom stereocenters. The fraction of sp³-hybridized carbons (Fsp3) is 0.200. The Kier molecular flexibility index (Phi) is 5.98. The number of hydrogen-bond acceptors (Lipinski definition) is 5. The smallest absolute Gasteiger partial charge is 0.292 e. The van der Waals surface area contributed by atoms with Gasteiger partial charge in [-0.15, -0.1) is 0 Å². The molecule has 0 bridgehead atoms. The van der Waals surface area contributed by atoms with Crippen LogP contribution in [0, 0.1) is 0 Å². The molecule has 0 aliphatic rings. The molecule has 6 nitrogen and oxygen atoms in total. The lowest BCUT2D eigenvalue weighted by Crippen LogP contribution is -2.26.